The van der Waals surface area contributed by atoms with Crippen molar-refractivity contribution < 1.29 is 4.79 Å². The Hall–Kier alpha value is -0.570. The highest BCUT2D eigenvalue weighted by molar-refractivity contribution is 6.36. The van der Waals surface area contributed by atoms with Crippen LogP contribution in [0.3, 0.4) is 0 Å². The van der Waals surface area contributed by atoms with E-state index in [4.69, 9.17) is 23.2 Å². The summed E-state index contributed by atoms with van der Waals surface area (Å²) in [6, 6.07) is 5.05. The first-order valence-electron chi connectivity index (χ1n) is 5.38. The van der Waals surface area contributed by atoms with Gasteiger partial charge in [-0.3, -0.25) is 4.79 Å². The van der Waals surface area contributed by atoms with Crippen molar-refractivity contribution in [3.8, 4) is 0 Å². The molecule has 0 amide bonds. The van der Waals surface area contributed by atoms with Crippen molar-refractivity contribution in [1.29, 1.82) is 0 Å². The maximum Gasteiger partial charge on any atom is 0.167 e. The molecule has 1 saturated heterocycles. The number of piperidine rings is 1. The summed E-state index contributed by atoms with van der Waals surface area (Å²) in [6.07, 6.45) is 1.77. The van der Waals surface area contributed by atoms with Crippen molar-refractivity contribution in [3.05, 3.63) is 33.8 Å². The number of rotatable bonds is 2. The predicted molar refractivity (Wildman–Crippen MR) is 66.4 cm³/mol. The molecule has 1 aliphatic rings. The van der Waals surface area contributed by atoms with Crippen molar-refractivity contribution in [2.45, 2.75) is 12.8 Å². The van der Waals surface area contributed by atoms with Crippen molar-refractivity contribution >= 4 is 29.0 Å². The molecule has 0 aromatic heterocycles. The van der Waals surface area contributed by atoms with Crippen LogP contribution in [0.4, 0.5) is 0 Å². The van der Waals surface area contributed by atoms with Gasteiger partial charge in [0.2, 0.25) is 0 Å². The smallest absolute Gasteiger partial charge is 0.167 e. The second kappa shape index (κ2) is 5.17. The average Bonchev–Trinajstić information content (AvgIpc) is 2.29. The third kappa shape index (κ3) is 2.57. The van der Waals surface area contributed by atoms with Crippen LogP contribution in [-0.4, -0.2) is 18.9 Å². The standard InChI is InChI=1S/C12H13Cl2NO/c13-9-1-2-10(11(14)7-9)12(16)8-3-5-15-6-4-8/h1-2,7-8,15H,3-6H2. The van der Waals surface area contributed by atoms with Crippen molar-refractivity contribution in [3.63, 3.8) is 0 Å². The number of hydrogen-bond acceptors (Lipinski definition) is 2. The molecule has 1 aliphatic heterocycles. The molecule has 86 valence electrons. The Morgan fingerprint density at radius 3 is 2.56 bits per heavy atom. The third-order valence-electron chi connectivity index (χ3n) is 2.91. The number of benzene rings is 1. The van der Waals surface area contributed by atoms with Crippen LogP contribution in [0, 0.1) is 5.92 Å². The summed E-state index contributed by atoms with van der Waals surface area (Å²) < 4.78 is 0. The fourth-order valence-electron chi connectivity index (χ4n) is 1.99. The van der Waals surface area contributed by atoms with Crippen LogP contribution >= 0.6 is 23.2 Å². The van der Waals surface area contributed by atoms with E-state index in [-0.39, 0.29) is 11.7 Å². The first-order valence-corrected chi connectivity index (χ1v) is 6.14. The molecule has 0 saturated carbocycles. The second-order valence-corrected chi connectivity index (χ2v) is 4.86. The molecule has 1 fully saturated rings. The highest BCUT2D eigenvalue weighted by Crippen LogP contribution is 2.26. The first kappa shape index (κ1) is 11.9. The number of hydrogen-bond donors (Lipinski definition) is 1. The van der Waals surface area contributed by atoms with Crippen LogP contribution in [0.5, 0.6) is 0 Å². The molecule has 0 bridgehead atoms. The van der Waals surface area contributed by atoms with E-state index in [9.17, 15) is 4.79 Å². The van der Waals surface area contributed by atoms with Gasteiger partial charge in [0.15, 0.2) is 5.78 Å². The Morgan fingerprint density at radius 1 is 1.25 bits per heavy atom. The zero-order valence-corrected chi connectivity index (χ0v) is 10.3. The lowest BCUT2D eigenvalue weighted by Gasteiger charge is -2.21. The maximum atomic E-state index is 12.2. The first-order chi connectivity index (χ1) is 7.68. The van der Waals surface area contributed by atoms with Crippen molar-refractivity contribution in [1.82, 2.24) is 5.32 Å². The fraction of sp³-hybridized carbons (Fsp3) is 0.417. The molecule has 1 aromatic carbocycles. The highest BCUT2D eigenvalue weighted by atomic mass is 35.5. The van der Waals surface area contributed by atoms with Crippen LogP contribution in [0.25, 0.3) is 0 Å². The number of Topliss-reactive ketones (excluding diaryl/α,β-unsaturated/α-hetero) is 1. The van der Waals surface area contributed by atoms with Gasteiger partial charge < -0.3 is 5.32 Å². The molecule has 0 atom stereocenters. The quantitative estimate of drug-likeness (QED) is 0.825. The minimum atomic E-state index is 0.0972. The molecule has 1 aromatic rings. The number of ketones is 1. The molecule has 1 N–H and O–H groups in total. The normalized spacial score (nSPS) is 17.4. The molecule has 0 unspecified atom stereocenters. The number of halogens is 2. The minimum absolute atomic E-state index is 0.0972. The zero-order valence-electron chi connectivity index (χ0n) is 8.80. The lowest BCUT2D eigenvalue weighted by molar-refractivity contribution is 0.0895. The van der Waals surface area contributed by atoms with Crippen LogP contribution < -0.4 is 5.32 Å². The molecule has 0 aliphatic carbocycles. The van der Waals surface area contributed by atoms with Crippen LogP contribution in [0.2, 0.25) is 10.0 Å². The van der Waals surface area contributed by atoms with Gasteiger partial charge in [-0.05, 0) is 44.1 Å². The third-order valence-corrected chi connectivity index (χ3v) is 3.45. The van der Waals surface area contributed by atoms with E-state index in [0.717, 1.165) is 25.9 Å². The van der Waals surface area contributed by atoms with Crippen LogP contribution in [0.15, 0.2) is 18.2 Å². The summed E-state index contributed by atoms with van der Waals surface area (Å²) >= 11 is 11.8. The van der Waals surface area contributed by atoms with Gasteiger partial charge in [-0.25, -0.2) is 0 Å². The topological polar surface area (TPSA) is 29.1 Å². The molecule has 2 rings (SSSR count). The van der Waals surface area contributed by atoms with Gasteiger partial charge in [0.05, 0.1) is 5.02 Å². The number of carbonyl (C=O) groups excluding carboxylic acids is 1. The molecule has 0 radical (unpaired) electrons. The average molecular weight is 258 g/mol. The SMILES string of the molecule is O=C(c1ccc(Cl)cc1Cl)C1CCNCC1. The number of carbonyl (C=O) groups is 1. The van der Waals surface area contributed by atoms with E-state index >= 15 is 0 Å². The summed E-state index contributed by atoms with van der Waals surface area (Å²) in [5.41, 5.74) is 0.595. The summed E-state index contributed by atoms with van der Waals surface area (Å²) in [5.74, 6) is 0.239. The molecule has 4 heteroatoms. The van der Waals surface area contributed by atoms with E-state index in [2.05, 4.69) is 5.32 Å². The second-order valence-electron chi connectivity index (χ2n) is 4.01. The van der Waals surface area contributed by atoms with E-state index < -0.39 is 0 Å². The summed E-state index contributed by atoms with van der Waals surface area (Å²) in [4.78, 5) is 12.2. The lowest BCUT2D eigenvalue weighted by atomic mass is 9.90. The van der Waals surface area contributed by atoms with Gasteiger partial charge in [0.25, 0.3) is 0 Å². The minimum Gasteiger partial charge on any atom is -0.317 e. The summed E-state index contributed by atoms with van der Waals surface area (Å²) in [5, 5.41) is 4.26. The Balaban J connectivity index is 2.19. The van der Waals surface area contributed by atoms with Gasteiger partial charge >= 0.3 is 0 Å². The van der Waals surface area contributed by atoms with E-state index in [0.29, 0.717) is 15.6 Å². The maximum absolute atomic E-state index is 12.2. The molecule has 0 spiro atoms. The summed E-state index contributed by atoms with van der Waals surface area (Å²) in [6.45, 7) is 1.81. The largest absolute Gasteiger partial charge is 0.317 e. The monoisotopic (exact) mass is 257 g/mol. The molecule has 2 nitrogen and oxygen atoms in total. The van der Waals surface area contributed by atoms with Gasteiger partial charge in [0, 0.05) is 16.5 Å². The van der Waals surface area contributed by atoms with Gasteiger partial charge in [-0.15, -0.1) is 0 Å². The molecular formula is C12H13Cl2NO. The van der Waals surface area contributed by atoms with E-state index in [1.165, 1.54) is 0 Å². The van der Waals surface area contributed by atoms with Crippen molar-refractivity contribution in [2.24, 2.45) is 5.92 Å². The number of nitrogens with one attached hydrogen (secondary N) is 1. The Labute approximate surface area is 105 Å². The zero-order chi connectivity index (χ0) is 11.5. The van der Waals surface area contributed by atoms with Crippen LogP contribution in [0.1, 0.15) is 23.2 Å². The van der Waals surface area contributed by atoms with Crippen molar-refractivity contribution in [2.75, 3.05) is 13.1 Å². The van der Waals surface area contributed by atoms with Gasteiger partial charge in [-0.1, -0.05) is 23.2 Å². The molecule has 1 heterocycles. The molecular weight excluding hydrogens is 245 g/mol. The Morgan fingerprint density at radius 2 is 1.94 bits per heavy atom. The summed E-state index contributed by atoms with van der Waals surface area (Å²) in [7, 11) is 0. The van der Waals surface area contributed by atoms with Crippen LogP contribution in [-0.2, 0) is 0 Å². The van der Waals surface area contributed by atoms with Gasteiger partial charge in [0.1, 0.15) is 0 Å². The van der Waals surface area contributed by atoms with E-state index in [1.54, 1.807) is 18.2 Å². The predicted octanol–water partition coefficient (Wildman–Crippen LogP) is 3.18. The molecule has 16 heavy (non-hydrogen) atoms. The highest BCUT2D eigenvalue weighted by Gasteiger charge is 2.23. The lowest BCUT2D eigenvalue weighted by Crippen LogP contribution is -2.31. The van der Waals surface area contributed by atoms with Gasteiger partial charge in [-0.2, -0.15) is 0 Å². The van der Waals surface area contributed by atoms with E-state index in [1.807, 2.05) is 0 Å². The fourth-order valence-corrected chi connectivity index (χ4v) is 2.49. The Bertz CT molecular complexity index is 400. The Kier molecular flexibility index (Phi) is 3.85.